The second-order valence-corrected chi connectivity index (χ2v) is 8.95. The van der Waals surface area contributed by atoms with Gasteiger partial charge in [-0.1, -0.05) is 29.8 Å². The molecule has 8 nitrogen and oxygen atoms in total. The molecule has 0 saturated carbocycles. The number of nitrogens with one attached hydrogen (secondary N) is 1. The standard InChI is InChI=1S/C20H21ClN4O4S/c1-13-18(20(27)25(23(13)3)15-8-6-5-7-9-15)24(4)30(28,29)17-12-14(19(26)22-2)10-11-16(17)21/h5-12H,1-4H3,(H,22,26). The summed E-state index contributed by atoms with van der Waals surface area (Å²) in [5, 5.41) is 2.39. The van der Waals surface area contributed by atoms with Gasteiger partial charge in [0.25, 0.3) is 21.5 Å². The molecule has 1 aromatic heterocycles. The maximum Gasteiger partial charge on any atom is 0.296 e. The zero-order chi connectivity index (χ0) is 22.2. The smallest absolute Gasteiger partial charge is 0.296 e. The number of hydrogen-bond donors (Lipinski definition) is 1. The summed E-state index contributed by atoms with van der Waals surface area (Å²) in [6, 6.07) is 12.9. The van der Waals surface area contributed by atoms with Crippen molar-refractivity contribution in [1.29, 1.82) is 0 Å². The summed E-state index contributed by atoms with van der Waals surface area (Å²) in [4.78, 5) is 24.9. The second-order valence-electron chi connectivity index (χ2n) is 6.61. The van der Waals surface area contributed by atoms with E-state index in [0.29, 0.717) is 11.4 Å². The van der Waals surface area contributed by atoms with Gasteiger partial charge in [-0.2, -0.15) is 0 Å². The van der Waals surface area contributed by atoms with Crippen molar-refractivity contribution in [3.05, 3.63) is 75.2 Å². The van der Waals surface area contributed by atoms with Gasteiger partial charge in [-0.05, 0) is 37.3 Å². The first kappa shape index (κ1) is 21.7. The number of hydrogen-bond acceptors (Lipinski definition) is 4. The Balaban J connectivity index is 2.17. The molecule has 1 N–H and O–H groups in total. The molecule has 0 spiro atoms. The van der Waals surface area contributed by atoms with Crippen molar-refractivity contribution >= 4 is 33.2 Å². The van der Waals surface area contributed by atoms with E-state index in [1.807, 2.05) is 6.07 Å². The maximum absolute atomic E-state index is 13.3. The molecule has 0 atom stereocenters. The molecule has 0 aliphatic carbocycles. The van der Waals surface area contributed by atoms with Gasteiger partial charge in [-0.15, -0.1) is 0 Å². The van der Waals surface area contributed by atoms with Gasteiger partial charge < -0.3 is 5.32 Å². The number of carbonyl (C=O) groups excluding carboxylic acids is 1. The molecule has 0 unspecified atom stereocenters. The first-order valence-electron chi connectivity index (χ1n) is 8.95. The number of aromatic nitrogens is 2. The van der Waals surface area contributed by atoms with Gasteiger partial charge in [0.1, 0.15) is 10.6 Å². The number of para-hydroxylation sites is 1. The van der Waals surface area contributed by atoms with Gasteiger partial charge in [0.05, 0.1) is 16.4 Å². The summed E-state index contributed by atoms with van der Waals surface area (Å²) in [5.41, 5.74) is 0.687. The van der Waals surface area contributed by atoms with Crippen molar-refractivity contribution in [2.45, 2.75) is 11.8 Å². The molecular formula is C20H21ClN4O4S. The van der Waals surface area contributed by atoms with Gasteiger partial charge in [0.15, 0.2) is 0 Å². The van der Waals surface area contributed by atoms with E-state index in [1.165, 1.54) is 37.0 Å². The van der Waals surface area contributed by atoms with Crippen molar-refractivity contribution in [1.82, 2.24) is 14.7 Å². The number of anilines is 1. The predicted octanol–water partition coefficient (Wildman–Crippen LogP) is 2.32. The molecule has 10 heteroatoms. The average molecular weight is 449 g/mol. The molecule has 2 aromatic carbocycles. The largest absolute Gasteiger partial charge is 0.355 e. The number of benzene rings is 2. The molecular weight excluding hydrogens is 428 g/mol. The first-order valence-corrected chi connectivity index (χ1v) is 10.8. The molecule has 0 saturated heterocycles. The van der Waals surface area contributed by atoms with Crippen molar-refractivity contribution in [2.75, 3.05) is 18.4 Å². The monoisotopic (exact) mass is 448 g/mol. The van der Waals surface area contributed by atoms with Crippen molar-refractivity contribution in [3.8, 4) is 5.69 Å². The second kappa shape index (κ2) is 8.00. The van der Waals surface area contributed by atoms with Crippen LogP contribution in [0.5, 0.6) is 0 Å². The molecule has 0 fully saturated rings. The van der Waals surface area contributed by atoms with Crippen LogP contribution in [0.15, 0.2) is 58.2 Å². The van der Waals surface area contributed by atoms with Gasteiger partial charge in [-0.3, -0.25) is 18.6 Å². The lowest BCUT2D eigenvalue weighted by Gasteiger charge is -2.19. The summed E-state index contributed by atoms with van der Waals surface area (Å²) >= 11 is 6.15. The van der Waals surface area contributed by atoms with E-state index in [2.05, 4.69) is 5.32 Å². The fourth-order valence-corrected chi connectivity index (χ4v) is 4.92. The van der Waals surface area contributed by atoms with E-state index in [-0.39, 0.29) is 21.2 Å². The Hall–Kier alpha value is -3.04. The number of amides is 1. The Labute approximate surface area is 179 Å². The normalized spacial score (nSPS) is 11.4. The van der Waals surface area contributed by atoms with Crippen LogP contribution in [0.2, 0.25) is 5.02 Å². The molecule has 0 bridgehead atoms. The van der Waals surface area contributed by atoms with Gasteiger partial charge in [0, 0.05) is 26.7 Å². The van der Waals surface area contributed by atoms with Crippen LogP contribution in [0.1, 0.15) is 16.1 Å². The van der Waals surface area contributed by atoms with E-state index >= 15 is 0 Å². The average Bonchev–Trinajstić information content (AvgIpc) is 2.95. The minimum absolute atomic E-state index is 0.0113. The van der Waals surface area contributed by atoms with Crippen LogP contribution in [-0.4, -0.2) is 37.8 Å². The molecule has 3 aromatic rings. The Morgan fingerprint density at radius 3 is 2.37 bits per heavy atom. The van der Waals surface area contributed by atoms with Crippen LogP contribution < -0.4 is 15.2 Å². The quantitative estimate of drug-likeness (QED) is 0.648. The molecule has 158 valence electrons. The zero-order valence-electron chi connectivity index (χ0n) is 16.9. The number of rotatable bonds is 5. The van der Waals surface area contributed by atoms with Crippen molar-refractivity contribution in [3.63, 3.8) is 0 Å². The van der Waals surface area contributed by atoms with Crippen LogP contribution in [0.3, 0.4) is 0 Å². The maximum atomic E-state index is 13.3. The molecule has 0 aliphatic rings. The van der Waals surface area contributed by atoms with Gasteiger partial charge in [0.2, 0.25) is 0 Å². The minimum Gasteiger partial charge on any atom is -0.355 e. The van der Waals surface area contributed by atoms with Crippen molar-refractivity contribution < 1.29 is 13.2 Å². The Bertz CT molecular complexity index is 1280. The summed E-state index contributed by atoms with van der Waals surface area (Å²) in [6.45, 7) is 1.66. The lowest BCUT2D eigenvalue weighted by Crippen LogP contribution is -2.32. The van der Waals surface area contributed by atoms with E-state index in [0.717, 1.165) is 4.31 Å². The number of carbonyl (C=O) groups is 1. The zero-order valence-corrected chi connectivity index (χ0v) is 18.5. The number of halogens is 1. The van der Waals surface area contributed by atoms with Crippen LogP contribution in [0.25, 0.3) is 5.69 Å². The molecule has 0 aliphatic heterocycles. The highest BCUT2D eigenvalue weighted by atomic mass is 35.5. The lowest BCUT2D eigenvalue weighted by molar-refractivity contribution is 0.0963. The molecule has 3 rings (SSSR count). The fourth-order valence-electron chi connectivity index (χ4n) is 3.17. The summed E-state index contributed by atoms with van der Waals surface area (Å²) in [7, 11) is 0.181. The number of sulfonamides is 1. The Morgan fingerprint density at radius 1 is 1.13 bits per heavy atom. The third-order valence-electron chi connectivity index (χ3n) is 4.90. The Kier molecular flexibility index (Phi) is 5.78. The minimum atomic E-state index is -4.22. The van der Waals surface area contributed by atoms with Gasteiger partial charge in [-0.25, -0.2) is 13.1 Å². The molecule has 1 heterocycles. The molecule has 1 amide bonds. The number of nitrogens with zero attached hydrogens (tertiary/aromatic N) is 3. The topological polar surface area (TPSA) is 93.4 Å². The Morgan fingerprint density at radius 2 is 1.77 bits per heavy atom. The highest BCUT2D eigenvalue weighted by molar-refractivity contribution is 7.93. The molecule has 30 heavy (non-hydrogen) atoms. The lowest BCUT2D eigenvalue weighted by atomic mass is 10.2. The van der Waals surface area contributed by atoms with Crippen LogP contribution in [0, 0.1) is 6.92 Å². The SMILES string of the molecule is CNC(=O)c1ccc(Cl)c(S(=O)(=O)N(C)c2c(C)n(C)n(-c3ccccc3)c2=O)c1. The van der Waals surface area contributed by atoms with Crippen LogP contribution in [-0.2, 0) is 17.1 Å². The van der Waals surface area contributed by atoms with E-state index < -0.39 is 21.5 Å². The summed E-state index contributed by atoms with van der Waals surface area (Å²) < 4.78 is 30.5. The van der Waals surface area contributed by atoms with Gasteiger partial charge >= 0.3 is 0 Å². The van der Waals surface area contributed by atoms with E-state index in [9.17, 15) is 18.0 Å². The highest BCUT2D eigenvalue weighted by Gasteiger charge is 2.30. The van der Waals surface area contributed by atoms with Crippen molar-refractivity contribution in [2.24, 2.45) is 7.05 Å². The predicted molar refractivity (Wildman–Crippen MR) is 116 cm³/mol. The highest BCUT2D eigenvalue weighted by Crippen LogP contribution is 2.29. The van der Waals surface area contributed by atoms with E-state index in [1.54, 1.807) is 42.9 Å². The summed E-state index contributed by atoms with van der Waals surface area (Å²) in [6.07, 6.45) is 0. The third kappa shape index (κ3) is 3.50. The first-order chi connectivity index (χ1) is 14.1. The van der Waals surface area contributed by atoms with Crippen LogP contribution in [0.4, 0.5) is 5.69 Å². The fraction of sp³-hybridized carbons (Fsp3) is 0.200. The van der Waals surface area contributed by atoms with Crippen LogP contribution >= 0.6 is 11.6 Å². The van der Waals surface area contributed by atoms with E-state index in [4.69, 9.17) is 11.6 Å². The molecule has 0 radical (unpaired) electrons. The summed E-state index contributed by atoms with van der Waals surface area (Å²) in [5.74, 6) is -0.451. The third-order valence-corrected chi connectivity index (χ3v) is 7.14.